The Kier molecular flexibility index (Phi) is 6.10. The second-order valence-electron chi connectivity index (χ2n) is 15.9. The van der Waals surface area contributed by atoms with Crippen LogP contribution in [0.3, 0.4) is 0 Å². The number of phenols is 2. The van der Waals surface area contributed by atoms with Gasteiger partial charge in [0.1, 0.15) is 11.5 Å². The average molecular weight is 536 g/mol. The number of fused-ring (bicyclic) bond motifs is 4. The summed E-state index contributed by atoms with van der Waals surface area (Å²) >= 11 is 0. The summed E-state index contributed by atoms with van der Waals surface area (Å²) in [5.41, 5.74) is 7.90. The van der Waals surface area contributed by atoms with E-state index in [1.54, 1.807) is 0 Å². The number of benzene rings is 3. The Labute approximate surface area is 240 Å². The molecule has 1 spiro atoms. The molecule has 210 valence electrons. The van der Waals surface area contributed by atoms with E-state index in [1.165, 1.54) is 22.3 Å². The van der Waals surface area contributed by atoms with Gasteiger partial charge < -0.3 is 10.2 Å². The predicted molar refractivity (Wildman–Crippen MR) is 163 cm³/mol. The third-order valence-electron chi connectivity index (χ3n) is 9.64. The maximum Gasteiger partial charge on any atom is 0.119 e. The molecule has 0 saturated heterocycles. The van der Waals surface area contributed by atoms with Gasteiger partial charge in [-0.2, -0.15) is 5.26 Å². The molecule has 5 rings (SSSR count). The summed E-state index contributed by atoms with van der Waals surface area (Å²) in [7, 11) is 0. The number of hydrogen-bond acceptors (Lipinski definition) is 3. The molecule has 0 fully saturated rings. The van der Waals surface area contributed by atoms with Crippen molar-refractivity contribution < 1.29 is 10.2 Å². The summed E-state index contributed by atoms with van der Waals surface area (Å²) in [6.45, 7) is 22.4. The maximum absolute atomic E-state index is 11.8. The third kappa shape index (κ3) is 4.23. The van der Waals surface area contributed by atoms with E-state index in [0.29, 0.717) is 17.1 Å². The largest absolute Gasteiger partial charge is 0.508 e. The van der Waals surface area contributed by atoms with E-state index < -0.39 is 0 Å². The Morgan fingerprint density at radius 3 is 1.70 bits per heavy atom. The molecule has 2 atom stereocenters. The van der Waals surface area contributed by atoms with Crippen LogP contribution in [0.5, 0.6) is 11.5 Å². The Hall–Kier alpha value is -3.25. The number of nitrogens with zero attached hydrogens (tertiary/aromatic N) is 1. The minimum atomic E-state index is -0.271. The van der Waals surface area contributed by atoms with Crippen LogP contribution in [0.4, 0.5) is 0 Å². The van der Waals surface area contributed by atoms with Gasteiger partial charge in [0.2, 0.25) is 0 Å². The van der Waals surface area contributed by atoms with Crippen molar-refractivity contribution in [2.45, 2.75) is 110 Å². The van der Waals surface area contributed by atoms with E-state index in [4.69, 9.17) is 0 Å². The summed E-state index contributed by atoms with van der Waals surface area (Å²) in [4.78, 5) is 0. The monoisotopic (exact) mass is 535 g/mol. The molecule has 3 nitrogen and oxygen atoms in total. The van der Waals surface area contributed by atoms with Crippen molar-refractivity contribution in [3.05, 3.63) is 93.0 Å². The Morgan fingerprint density at radius 2 is 1.23 bits per heavy atom. The Bertz CT molecular complexity index is 1540. The molecule has 0 aliphatic heterocycles. The van der Waals surface area contributed by atoms with E-state index in [1.807, 2.05) is 36.4 Å². The van der Waals surface area contributed by atoms with Crippen molar-refractivity contribution >= 4 is 0 Å². The minimum absolute atomic E-state index is 0.0383. The quantitative estimate of drug-likeness (QED) is 0.344. The van der Waals surface area contributed by atoms with E-state index in [-0.39, 0.29) is 33.0 Å². The SMILES string of the molecule is CC(C)(C)c1cc2c(cc1O)C1(CC(C)(C)c3cc(C(c4ccc(C#N)cc4)C(C)(C)C)c(O)cc31)CC2(C)C. The molecule has 40 heavy (non-hydrogen) atoms. The second kappa shape index (κ2) is 8.62. The highest BCUT2D eigenvalue weighted by Gasteiger charge is 2.57. The molecule has 0 amide bonds. The van der Waals surface area contributed by atoms with E-state index in [0.717, 1.165) is 29.5 Å². The zero-order valence-electron chi connectivity index (χ0n) is 26.0. The second-order valence-corrected chi connectivity index (χ2v) is 15.9. The summed E-state index contributed by atoms with van der Waals surface area (Å²) in [5, 5.41) is 32.3. The molecule has 0 aromatic heterocycles. The minimum Gasteiger partial charge on any atom is -0.508 e. The lowest BCUT2D eigenvalue weighted by Crippen LogP contribution is -2.27. The number of hydrogen-bond donors (Lipinski definition) is 2. The molecule has 2 aliphatic rings. The van der Waals surface area contributed by atoms with Crippen molar-refractivity contribution in [1.29, 1.82) is 5.26 Å². The van der Waals surface area contributed by atoms with Gasteiger partial charge in [0.05, 0.1) is 11.6 Å². The van der Waals surface area contributed by atoms with Gasteiger partial charge in [-0.15, -0.1) is 0 Å². The summed E-state index contributed by atoms with van der Waals surface area (Å²) in [6, 6.07) is 18.6. The highest BCUT2D eigenvalue weighted by atomic mass is 16.3. The van der Waals surface area contributed by atoms with Gasteiger partial charge in [-0.05, 0) is 92.1 Å². The van der Waals surface area contributed by atoms with E-state index >= 15 is 0 Å². The zero-order chi connectivity index (χ0) is 29.6. The molecule has 0 bridgehead atoms. The summed E-state index contributed by atoms with van der Waals surface area (Å²) < 4.78 is 0. The molecule has 2 N–H and O–H groups in total. The summed E-state index contributed by atoms with van der Waals surface area (Å²) in [5.74, 6) is 0.648. The standard InChI is InChI=1S/C37H45NO2/c1-33(2,3)29-16-26-28(18-31(29)40)37(21-36(26,9)10)20-35(7,8)25-15-24(30(39)17-27(25)37)32(34(4,5)6)23-13-11-22(19-38)12-14-23/h11-18,32,39-40H,20-21H2,1-10H3. The summed E-state index contributed by atoms with van der Waals surface area (Å²) in [6.07, 6.45) is 1.87. The number of rotatable bonds is 2. The first-order valence-electron chi connectivity index (χ1n) is 14.6. The van der Waals surface area contributed by atoms with Crippen LogP contribution in [-0.2, 0) is 21.7 Å². The first-order valence-corrected chi connectivity index (χ1v) is 14.6. The van der Waals surface area contributed by atoms with Gasteiger partial charge in [0, 0.05) is 16.9 Å². The molecule has 2 unspecified atom stereocenters. The Morgan fingerprint density at radius 1 is 0.725 bits per heavy atom. The number of aromatic hydroxyl groups is 2. The van der Waals surface area contributed by atoms with Crippen molar-refractivity contribution in [2.24, 2.45) is 5.41 Å². The fourth-order valence-corrected chi connectivity index (χ4v) is 8.12. The number of nitriles is 1. The zero-order valence-corrected chi connectivity index (χ0v) is 26.0. The molecule has 3 heteroatoms. The van der Waals surface area contributed by atoms with Crippen LogP contribution in [0.1, 0.15) is 133 Å². The lowest BCUT2D eigenvalue weighted by Gasteiger charge is -2.34. The topological polar surface area (TPSA) is 64.2 Å². The van der Waals surface area contributed by atoms with Gasteiger partial charge in [0.25, 0.3) is 0 Å². The van der Waals surface area contributed by atoms with Crippen molar-refractivity contribution in [3.8, 4) is 17.6 Å². The van der Waals surface area contributed by atoms with Gasteiger partial charge in [-0.1, -0.05) is 93.5 Å². The maximum atomic E-state index is 11.8. The van der Waals surface area contributed by atoms with Crippen LogP contribution in [-0.4, -0.2) is 10.2 Å². The van der Waals surface area contributed by atoms with Crippen molar-refractivity contribution in [2.75, 3.05) is 0 Å². The third-order valence-corrected chi connectivity index (χ3v) is 9.64. The fourth-order valence-electron chi connectivity index (χ4n) is 8.12. The lowest BCUT2D eigenvalue weighted by molar-refractivity contribution is 0.346. The van der Waals surface area contributed by atoms with Crippen molar-refractivity contribution in [3.63, 3.8) is 0 Å². The van der Waals surface area contributed by atoms with Crippen LogP contribution in [0.25, 0.3) is 0 Å². The van der Waals surface area contributed by atoms with Crippen LogP contribution in [0.15, 0.2) is 48.5 Å². The Balaban J connectivity index is 1.74. The molecule has 0 heterocycles. The van der Waals surface area contributed by atoms with Crippen LogP contribution in [0.2, 0.25) is 0 Å². The molecule has 0 saturated carbocycles. The smallest absolute Gasteiger partial charge is 0.119 e. The van der Waals surface area contributed by atoms with E-state index in [2.05, 4.69) is 87.4 Å². The lowest BCUT2D eigenvalue weighted by atomic mass is 9.70. The number of phenolic OH excluding ortho intramolecular Hbond substituents is 2. The highest BCUT2D eigenvalue weighted by molar-refractivity contribution is 5.65. The average Bonchev–Trinajstić information content (AvgIpc) is 3.16. The fraction of sp³-hybridized carbons (Fsp3) is 0.486. The van der Waals surface area contributed by atoms with Gasteiger partial charge in [-0.25, -0.2) is 0 Å². The predicted octanol–water partition coefficient (Wildman–Crippen LogP) is 9.09. The van der Waals surface area contributed by atoms with Crippen LogP contribution < -0.4 is 0 Å². The molecule has 0 radical (unpaired) electrons. The molecule has 3 aromatic carbocycles. The van der Waals surface area contributed by atoms with Gasteiger partial charge in [0.15, 0.2) is 0 Å². The normalized spacial score (nSPS) is 21.6. The van der Waals surface area contributed by atoms with Crippen LogP contribution >= 0.6 is 0 Å². The highest BCUT2D eigenvalue weighted by Crippen LogP contribution is 2.64. The molecule has 2 aliphatic carbocycles. The molecule has 3 aromatic rings. The van der Waals surface area contributed by atoms with Gasteiger partial charge >= 0.3 is 0 Å². The molecular formula is C37H45NO2. The van der Waals surface area contributed by atoms with Gasteiger partial charge in [-0.3, -0.25) is 0 Å². The first-order chi connectivity index (χ1) is 18.3. The van der Waals surface area contributed by atoms with Crippen molar-refractivity contribution in [1.82, 2.24) is 0 Å². The first kappa shape index (κ1) is 28.3. The van der Waals surface area contributed by atoms with E-state index in [9.17, 15) is 15.5 Å². The van der Waals surface area contributed by atoms with Crippen LogP contribution in [0, 0.1) is 16.7 Å². The molecular weight excluding hydrogens is 490 g/mol.